The van der Waals surface area contributed by atoms with Gasteiger partial charge in [0.25, 0.3) is 0 Å². The molecule has 0 atom stereocenters. The zero-order chi connectivity index (χ0) is 5.11. The fraction of sp³-hybridized carbons (Fsp3) is 0. The molecule has 2 nitrogen and oxygen atoms in total. The molecule has 1 heterocycles. The van der Waals surface area contributed by atoms with Crippen molar-refractivity contribution in [1.82, 2.24) is 4.98 Å². The molecular weight excluding hydrogens is 134 g/mol. The number of nitrogens with zero attached hydrogens (tertiary/aromatic N) is 1. The third-order valence-electron chi connectivity index (χ3n) is 0.486. The van der Waals surface area contributed by atoms with Gasteiger partial charge in [-0.25, -0.2) is 4.98 Å². The Morgan fingerprint density at radius 1 is 1.86 bits per heavy atom. The van der Waals surface area contributed by atoms with Gasteiger partial charge in [0.1, 0.15) is 0 Å². The Balaban J connectivity index is 2.76. The van der Waals surface area contributed by atoms with Crippen LogP contribution in [0.25, 0.3) is 0 Å². The summed E-state index contributed by atoms with van der Waals surface area (Å²) in [5, 5.41) is 0.627. The topological polar surface area (TPSA) is 26.0 Å². The summed E-state index contributed by atoms with van der Waals surface area (Å²) in [6, 6.07) is 0. The first-order valence-corrected chi connectivity index (χ1v) is 3.25. The molecule has 7 heavy (non-hydrogen) atoms. The summed E-state index contributed by atoms with van der Waals surface area (Å²) in [4.78, 5) is 3.62. The van der Waals surface area contributed by atoms with E-state index in [1.54, 1.807) is 6.20 Å². The highest BCUT2D eigenvalue weighted by molar-refractivity contribution is 8.21. The van der Waals surface area contributed by atoms with Crippen molar-refractivity contribution in [2.45, 2.75) is 5.09 Å². The van der Waals surface area contributed by atoms with Crippen molar-refractivity contribution in [3.8, 4) is 0 Å². The number of aromatic nitrogens is 1. The predicted octanol–water partition coefficient (Wildman–Crippen LogP) is 1.92. The molecule has 0 aliphatic carbocycles. The molecule has 1 aromatic heterocycles. The van der Waals surface area contributed by atoms with Crippen LogP contribution in [-0.4, -0.2) is 4.98 Å². The van der Waals surface area contributed by atoms with Gasteiger partial charge in [0, 0.05) is 11.0 Å². The van der Waals surface area contributed by atoms with E-state index in [4.69, 9.17) is 15.1 Å². The zero-order valence-electron chi connectivity index (χ0n) is 3.30. The monoisotopic (exact) mass is 135 g/mol. The highest BCUT2D eigenvalue weighted by Crippen LogP contribution is 2.19. The molecule has 0 aliphatic heterocycles. The van der Waals surface area contributed by atoms with Crippen LogP contribution in [0.1, 0.15) is 0 Å². The summed E-state index contributed by atoms with van der Waals surface area (Å²) in [5.74, 6) is 0. The summed E-state index contributed by atoms with van der Waals surface area (Å²) in [5.41, 5.74) is 0. The number of hydrogen-bond acceptors (Lipinski definition) is 3. The van der Waals surface area contributed by atoms with Crippen molar-refractivity contribution in [3.05, 3.63) is 12.6 Å². The Kier molecular flexibility index (Phi) is 1.59. The molecule has 38 valence electrons. The lowest BCUT2D eigenvalue weighted by molar-refractivity contribution is 0.471. The normalized spacial score (nSPS) is 9.29. The molecule has 1 aromatic rings. The van der Waals surface area contributed by atoms with Gasteiger partial charge in [0.05, 0.1) is 6.20 Å². The van der Waals surface area contributed by atoms with E-state index < -0.39 is 0 Å². The first-order chi connectivity index (χ1) is 3.43. The molecule has 0 spiro atoms. The maximum absolute atomic E-state index is 5.25. The third kappa shape index (κ3) is 1.11. The molecule has 0 fully saturated rings. The fourth-order valence-electron chi connectivity index (χ4n) is 0.242. The molecule has 0 saturated heterocycles. The van der Waals surface area contributed by atoms with E-state index in [1.807, 2.05) is 0 Å². The standard InChI is InChI=1S/C3H2ClNOS/c4-7-3-1-5-2-6-3/h1-2H. The molecule has 1 rings (SSSR count). The van der Waals surface area contributed by atoms with Gasteiger partial charge in [-0.15, -0.1) is 0 Å². The number of halogens is 1. The first kappa shape index (κ1) is 5.00. The minimum Gasteiger partial charge on any atom is -0.436 e. The van der Waals surface area contributed by atoms with Gasteiger partial charge in [-0.1, -0.05) is 0 Å². The summed E-state index contributed by atoms with van der Waals surface area (Å²) >= 11 is 0. The average molecular weight is 136 g/mol. The Bertz CT molecular complexity index is 129. The molecule has 4 heteroatoms. The molecule has 0 aliphatic rings. The van der Waals surface area contributed by atoms with Crippen LogP contribution < -0.4 is 0 Å². The lowest BCUT2D eigenvalue weighted by atomic mass is 11.0. The minimum absolute atomic E-state index is 0.627. The van der Waals surface area contributed by atoms with Crippen LogP contribution in [-0.2, 0) is 0 Å². The Hall–Kier alpha value is -0.150. The minimum atomic E-state index is 0.627. The van der Waals surface area contributed by atoms with E-state index in [1.165, 1.54) is 6.39 Å². The van der Waals surface area contributed by atoms with Crippen LogP contribution in [0.5, 0.6) is 0 Å². The van der Waals surface area contributed by atoms with Crippen LogP contribution in [0.2, 0.25) is 0 Å². The van der Waals surface area contributed by atoms with Gasteiger partial charge in [0.2, 0.25) is 0 Å². The van der Waals surface area contributed by atoms with Crippen molar-refractivity contribution in [2.24, 2.45) is 0 Å². The molecule has 0 aromatic carbocycles. The lowest BCUT2D eigenvalue weighted by Crippen LogP contribution is -1.47. The van der Waals surface area contributed by atoms with Crippen LogP contribution >= 0.6 is 21.7 Å². The van der Waals surface area contributed by atoms with Gasteiger partial charge in [-0.2, -0.15) is 0 Å². The Morgan fingerprint density at radius 2 is 2.71 bits per heavy atom. The smallest absolute Gasteiger partial charge is 0.195 e. The quantitative estimate of drug-likeness (QED) is 0.589. The zero-order valence-corrected chi connectivity index (χ0v) is 4.87. The summed E-state index contributed by atoms with van der Waals surface area (Å²) in [6.07, 6.45) is 2.89. The summed E-state index contributed by atoms with van der Waals surface area (Å²) < 4.78 is 4.70. The molecular formula is C3H2ClNOS. The molecule has 0 amide bonds. The SMILES string of the molecule is ClSc1cnco1. The lowest BCUT2D eigenvalue weighted by Gasteiger charge is -1.73. The number of rotatable bonds is 1. The Labute approximate surface area is 49.4 Å². The van der Waals surface area contributed by atoms with E-state index in [0.29, 0.717) is 5.09 Å². The van der Waals surface area contributed by atoms with Gasteiger partial charge >= 0.3 is 0 Å². The predicted molar refractivity (Wildman–Crippen MR) is 28.2 cm³/mol. The van der Waals surface area contributed by atoms with Crippen LogP contribution in [0.3, 0.4) is 0 Å². The Morgan fingerprint density at radius 3 is 3.00 bits per heavy atom. The maximum atomic E-state index is 5.25. The van der Waals surface area contributed by atoms with Crippen molar-refractivity contribution in [1.29, 1.82) is 0 Å². The van der Waals surface area contributed by atoms with E-state index in [-0.39, 0.29) is 0 Å². The van der Waals surface area contributed by atoms with Crippen molar-refractivity contribution in [3.63, 3.8) is 0 Å². The molecule has 0 N–H and O–H groups in total. The number of oxazole rings is 1. The maximum Gasteiger partial charge on any atom is 0.195 e. The summed E-state index contributed by atoms with van der Waals surface area (Å²) in [6.45, 7) is 0. The first-order valence-electron chi connectivity index (χ1n) is 1.60. The van der Waals surface area contributed by atoms with Gasteiger partial charge in [0.15, 0.2) is 11.5 Å². The second-order valence-corrected chi connectivity index (χ2v) is 1.92. The van der Waals surface area contributed by atoms with E-state index in [2.05, 4.69) is 4.98 Å². The molecule has 0 bridgehead atoms. The second kappa shape index (κ2) is 2.23. The van der Waals surface area contributed by atoms with Crippen molar-refractivity contribution < 1.29 is 4.42 Å². The van der Waals surface area contributed by atoms with Gasteiger partial charge in [-0.05, 0) is 10.7 Å². The largest absolute Gasteiger partial charge is 0.436 e. The molecule has 0 radical (unpaired) electrons. The summed E-state index contributed by atoms with van der Waals surface area (Å²) in [7, 11) is 6.27. The highest BCUT2D eigenvalue weighted by Gasteiger charge is 1.89. The average Bonchev–Trinajstić information content (AvgIpc) is 2.14. The number of hydrogen-bond donors (Lipinski definition) is 0. The van der Waals surface area contributed by atoms with Crippen molar-refractivity contribution >= 4 is 21.7 Å². The van der Waals surface area contributed by atoms with E-state index in [0.717, 1.165) is 11.0 Å². The van der Waals surface area contributed by atoms with Gasteiger partial charge in [-0.3, -0.25) is 0 Å². The van der Waals surface area contributed by atoms with Gasteiger partial charge < -0.3 is 4.42 Å². The second-order valence-electron chi connectivity index (χ2n) is 0.898. The molecule has 0 saturated carbocycles. The van der Waals surface area contributed by atoms with E-state index in [9.17, 15) is 0 Å². The van der Waals surface area contributed by atoms with Crippen LogP contribution in [0.15, 0.2) is 22.1 Å². The van der Waals surface area contributed by atoms with Crippen LogP contribution in [0.4, 0.5) is 0 Å². The molecule has 0 unspecified atom stereocenters. The fourth-order valence-corrected chi connectivity index (χ4v) is 0.651. The third-order valence-corrected chi connectivity index (χ3v) is 1.30. The van der Waals surface area contributed by atoms with Crippen molar-refractivity contribution in [2.75, 3.05) is 0 Å². The highest BCUT2D eigenvalue weighted by atomic mass is 35.7. The van der Waals surface area contributed by atoms with E-state index >= 15 is 0 Å². The van der Waals surface area contributed by atoms with Crippen LogP contribution in [0, 0.1) is 0 Å².